The molecule has 3 aromatic heterocycles. The summed E-state index contributed by atoms with van der Waals surface area (Å²) in [5.74, 6) is 1.65. The van der Waals surface area contributed by atoms with Crippen molar-refractivity contribution in [2.24, 2.45) is 0 Å². The highest BCUT2D eigenvalue weighted by molar-refractivity contribution is 7.98. The van der Waals surface area contributed by atoms with Crippen molar-refractivity contribution in [3.8, 4) is 0 Å². The van der Waals surface area contributed by atoms with Gasteiger partial charge < -0.3 is 5.32 Å². The van der Waals surface area contributed by atoms with Crippen LogP contribution in [0.5, 0.6) is 0 Å². The molecule has 0 saturated carbocycles. The first-order valence-corrected chi connectivity index (χ1v) is 6.91. The molecule has 0 spiro atoms. The number of hydrogen-bond donors (Lipinski definition) is 1. The standard InChI is InChI=1S/C13H13N5S/c1-14-11-6-4-5-10(15-11)9-19-13-17-16-12-7-2-3-8-18(12)13/h2-8H,9H2,1H3,(H,14,15). The third-order valence-corrected chi connectivity index (χ3v) is 3.67. The fourth-order valence-corrected chi connectivity index (χ4v) is 2.59. The lowest BCUT2D eigenvalue weighted by atomic mass is 10.4. The van der Waals surface area contributed by atoms with E-state index in [-0.39, 0.29) is 0 Å². The van der Waals surface area contributed by atoms with E-state index in [4.69, 9.17) is 0 Å². The molecule has 0 aromatic carbocycles. The van der Waals surface area contributed by atoms with Gasteiger partial charge in [0.2, 0.25) is 0 Å². The molecule has 0 amide bonds. The molecule has 3 rings (SSSR count). The van der Waals surface area contributed by atoms with Gasteiger partial charge in [0.1, 0.15) is 5.82 Å². The molecule has 0 radical (unpaired) electrons. The molecule has 19 heavy (non-hydrogen) atoms. The van der Waals surface area contributed by atoms with Gasteiger partial charge in [-0.2, -0.15) is 0 Å². The van der Waals surface area contributed by atoms with Crippen LogP contribution in [0.1, 0.15) is 5.69 Å². The molecule has 1 N–H and O–H groups in total. The molecule has 0 aliphatic rings. The van der Waals surface area contributed by atoms with E-state index in [1.54, 1.807) is 11.8 Å². The molecule has 6 heteroatoms. The minimum Gasteiger partial charge on any atom is -0.373 e. The molecule has 0 saturated heterocycles. The van der Waals surface area contributed by atoms with Crippen molar-refractivity contribution in [1.82, 2.24) is 19.6 Å². The number of thioether (sulfide) groups is 1. The Labute approximate surface area is 115 Å². The maximum absolute atomic E-state index is 4.48. The van der Waals surface area contributed by atoms with E-state index >= 15 is 0 Å². The van der Waals surface area contributed by atoms with Gasteiger partial charge in [0.15, 0.2) is 10.8 Å². The molecule has 5 nitrogen and oxygen atoms in total. The predicted molar refractivity (Wildman–Crippen MR) is 76.3 cm³/mol. The summed E-state index contributed by atoms with van der Waals surface area (Å²) in [6.45, 7) is 0. The van der Waals surface area contributed by atoms with E-state index in [0.29, 0.717) is 0 Å². The highest BCUT2D eigenvalue weighted by atomic mass is 32.2. The predicted octanol–water partition coefficient (Wildman–Crippen LogP) is 2.46. The van der Waals surface area contributed by atoms with Crippen molar-refractivity contribution in [2.75, 3.05) is 12.4 Å². The number of hydrogen-bond acceptors (Lipinski definition) is 5. The summed E-state index contributed by atoms with van der Waals surface area (Å²) in [6, 6.07) is 11.8. The second-order valence-electron chi connectivity index (χ2n) is 3.96. The zero-order chi connectivity index (χ0) is 13.1. The lowest BCUT2D eigenvalue weighted by molar-refractivity contribution is 0.920. The van der Waals surface area contributed by atoms with E-state index in [9.17, 15) is 0 Å². The number of aromatic nitrogens is 4. The van der Waals surface area contributed by atoms with Gasteiger partial charge >= 0.3 is 0 Å². The number of anilines is 1. The van der Waals surface area contributed by atoms with E-state index in [1.165, 1.54) is 0 Å². The van der Waals surface area contributed by atoms with Crippen molar-refractivity contribution < 1.29 is 0 Å². The fourth-order valence-electron chi connectivity index (χ4n) is 1.76. The first-order chi connectivity index (χ1) is 9.36. The summed E-state index contributed by atoms with van der Waals surface area (Å²) in [6.07, 6.45) is 1.97. The third-order valence-electron chi connectivity index (χ3n) is 2.69. The molecule has 0 aliphatic heterocycles. The molecule has 96 valence electrons. The van der Waals surface area contributed by atoms with E-state index < -0.39 is 0 Å². The van der Waals surface area contributed by atoms with Gasteiger partial charge in [-0.05, 0) is 24.3 Å². The van der Waals surface area contributed by atoms with Crippen LogP contribution in [0.15, 0.2) is 47.8 Å². The number of fused-ring (bicyclic) bond motifs is 1. The van der Waals surface area contributed by atoms with Crippen molar-refractivity contribution >= 4 is 23.2 Å². The quantitative estimate of drug-likeness (QED) is 0.739. The largest absolute Gasteiger partial charge is 0.373 e. The normalized spacial score (nSPS) is 10.8. The number of rotatable bonds is 4. The third kappa shape index (κ3) is 2.53. The lowest BCUT2D eigenvalue weighted by Crippen LogP contribution is -1.95. The number of pyridine rings is 2. The van der Waals surface area contributed by atoms with Crippen LogP contribution in [-0.4, -0.2) is 26.6 Å². The van der Waals surface area contributed by atoms with Gasteiger partial charge in [0, 0.05) is 19.0 Å². The van der Waals surface area contributed by atoms with Crippen molar-refractivity contribution in [3.05, 3.63) is 48.3 Å². The Morgan fingerprint density at radius 2 is 2.11 bits per heavy atom. The average molecular weight is 271 g/mol. The van der Waals surface area contributed by atoms with Gasteiger partial charge in [0.25, 0.3) is 0 Å². The second-order valence-corrected chi connectivity index (χ2v) is 4.91. The molecular formula is C13H13N5S. The van der Waals surface area contributed by atoms with Crippen LogP contribution >= 0.6 is 11.8 Å². The van der Waals surface area contributed by atoms with Crippen LogP contribution in [0.2, 0.25) is 0 Å². The fraction of sp³-hybridized carbons (Fsp3) is 0.154. The lowest BCUT2D eigenvalue weighted by Gasteiger charge is -2.03. The maximum Gasteiger partial charge on any atom is 0.195 e. The summed E-state index contributed by atoms with van der Waals surface area (Å²) in [5, 5.41) is 12.2. The zero-order valence-corrected chi connectivity index (χ0v) is 11.3. The van der Waals surface area contributed by atoms with Gasteiger partial charge in [-0.3, -0.25) is 4.40 Å². The number of nitrogens with one attached hydrogen (secondary N) is 1. The van der Waals surface area contributed by atoms with E-state index in [0.717, 1.165) is 28.1 Å². The Bertz CT molecular complexity index is 694. The van der Waals surface area contributed by atoms with Gasteiger partial charge in [-0.25, -0.2) is 4.98 Å². The Morgan fingerprint density at radius 3 is 3.00 bits per heavy atom. The highest BCUT2D eigenvalue weighted by Gasteiger charge is 2.06. The molecule has 0 aliphatic carbocycles. The summed E-state index contributed by atoms with van der Waals surface area (Å²) >= 11 is 1.63. The van der Waals surface area contributed by atoms with Gasteiger partial charge in [0.05, 0.1) is 5.69 Å². The van der Waals surface area contributed by atoms with Crippen LogP contribution in [0.3, 0.4) is 0 Å². The second kappa shape index (κ2) is 5.27. The summed E-state index contributed by atoms with van der Waals surface area (Å²) in [5.41, 5.74) is 1.88. The van der Waals surface area contributed by atoms with Crippen molar-refractivity contribution in [3.63, 3.8) is 0 Å². The van der Waals surface area contributed by atoms with Crippen molar-refractivity contribution in [1.29, 1.82) is 0 Å². The Balaban J connectivity index is 1.78. The van der Waals surface area contributed by atoms with Gasteiger partial charge in [-0.15, -0.1) is 10.2 Å². The molecule has 0 fully saturated rings. The molecule has 0 bridgehead atoms. The highest BCUT2D eigenvalue weighted by Crippen LogP contribution is 2.21. The van der Waals surface area contributed by atoms with Crippen LogP contribution < -0.4 is 5.32 Å². The molecular weight excluding hydrogens is 258 g/mol. The molecule has 0 atom stereocenters. The summed E-state index contributed by atoms with van der Waals surface area (Å²) < 4.78 is 1.98. The zero-order valence-electron chi connectivity index (χ0n) is 10.4. The van der Waals surface area contributed by atoms with Crippen LogP contribution in [0.4, 0.5) is 5.82 Å². The average Bonchev–Trinajstić information content (AvgIpc) is 2.89. The smallest absolute Gasteiger partial charge is 0.195 e. The molecule has 0 unspecified atom stereocenters. The van der Waals surface area contributed by atoms with E-state index in [2.05, 4.69) is 20.5 Å². The van der Waals surface area contributed by atoms with Crippen molar-refractivity contribution in [2.45, 2.75) is 10.9 Å². The molecule has 3 aromatic rings. The Hall–Kier alpha value is -2.08. The minimum atomic E-state index is 0.769. The van der Waals surface area contributed by atoms with E-state index in [1.807, 2.05) is 54.0 Å². The minimum absolute atomic E-state index is 0.769. The number of nitrogens with zero attached hydrogens (tertiary/aromatic N) is 4. The van der Waals surface area contributed by atoms with Crippen LogP contribution in [0.25, 0.3) is 5.65 Å². The topological polar surface area (TPSA) is 55.1 Å². The molecule has 3 heterocycles. The first-order valence-electron chi connectivity index (χ1n) is 5.93. The first kappa shape index (κ1) is 12.0. The Morgan fingerprint density at radius 1 is 1.16 bits per heavy atom. The Kier molecular flexibility index (Phi) is 3.33. The maximum atomic E-state index is 4.48. The van der Waals surface area contributed by atoms with Crippen LogP contribution in [0, 0.1) is 0 Å². The summed E-state index contributed by atoms with van der Waals surface area (Å²) in [7, 11) is 1.87. The summed E-state index contributed by atoms with van der Waals surface area (Å²) in [4.78, 5) is 4.48. The SMILES string of the molecule is CNc1cccc(CSc2nnc3ccccn23)n1. The van der Waals surface area contributed by atoms with Crippen LogP contribution in [-0.2, 0) is 5.75 Å². The monoisotopic (exact) mass is 271 g/mol. The van der Waals surface area contributed by atoms with Gasteiger partial charge in [-0.1, -0.05) is 23.9 Å².